The van der Waals surface area contributed by atoms with Crippen molar-refractivity contribution in [1.82, 2.24) is 0 Å². The fourth-order valence-corrected chi connectivity index (χ4v) is 3.62. The lowest BCUT2D eigenvalue weighted by molar-refractivity contribution is -0.114. The predicted molar refractivity (Wildman–Crippen MR) is 101 cm³/mol. The SMILES string of the molecule is C=C1C(=O)N(c2ccccc2)[C@H](CC(C)C)[C@@]1(O)c1ccc(C)cc1. The Morgan fingerprint density at radius 2 is 1.72 bits per heavy atom. The van der Waals surface area contributed by atoms with Crippen LogP contribution in [0.4, 0.5) is 5.69 Å². The third-order valence-corrected chi connectivity index (χ3v) is 4.95. The van der Waals surface area contributed by atoms with Crippen LogP contribution >= 0.6 is 0 Å². The summed E-state index contributed by atoms with van der Waals surface area (Å²) in [5.41, 5.74) is 1.49. The third kappa shape index (κ3) is 2.89. The average Bonchev–Trinajstić information content (AvgIpc) is 2.78. The van der Waals surface area contributed by atoms with Crippen molar-refractivity contribution in [3.05, 3.63) is 77.9 Å². The van der Waals surface area contributed by atoms with Crippen molar-refractivity contribution in [3.63, 3.8) is 0 Å². The largest absolute Gasteiger partial charge is 0.378 e. The molecule has 130 valence electrons. The minimum Gasteiger partial charge on any atom is -0.378 e. The smallest absolute Gasteiger partial charge is 0.257 e. The number of hydrogen-bond acceptors (Lipinski definition) is 2. The molecule has 3 rings (SSSR count). The first-order chi connectivity index (χ1) is 11.9. The zero-order valence-corrected chi connectivity index (χ0v) is 15.1. The molecule has 3 heteroatoms. The van der Waals surface area contributed by atoms with Crippen LogP contribution in [0.25, 0.3) is 0 Å². The number of benzene rings is 2. The van der Waals surface area contributed by atoms with Gasteiger partial charge >= 0.3 is 0 Å². The molecule has 0 aliphatic carbocycles. The maximum Gasteiger partial charge on any atom is 0.257 e. The van der Waals surface area contributed by atoms with E-state index in [0.717, 1.165) is 16.8 Å². The molecule has 2 atom stereocenters. The number of rotatable bonds is 4. The molecule has 1 amide bonds. The lowest BCUT2D eigenvalue weighted by Crippen LogP contribution is -2.44. The van der Waals surface area contributed by atoms with E-state index in [2.05, 4.69) is 20.4 Å². The molecule has 2 aromatic rings. The van der Waals surface area contributed by atoms with Gasteiger partial charge in [-0.05, 0) is 37.0 Å². The highest BCUT2D eigenvalue weighted by atomic mass is 16.3. The summed E-state index contributed by atoms with van der Waals surface area (Å²) in [5.74, 6) is 0.117. The van der Waals surface area contributed by atoms with E-state index in [4.69, 9.17) is 0 Å². The van der Waals surface area contributed by atoms with E-state index < -0.39 is 5.60 Å². The molecule has 1 saturated heterocycles. The van der Waals surface area contributed by atoms with Crippen LogP contribution in [0.1, 0.15) is 31.4 Å². The Kier molecular flexibility index (Phi) is 4.53. The van der Waals surface area contributed by atoms with Gasteiger partial charge in [0.05, 0.1) is 6.04 Å². The van der Waals surface area contributed by atoms with Crippen molar-refractivity contribution in [2.75, 3.05) is 4.90 Å². The van der Waals surface area contributed by atoms with Gasteiger partial charge in [0, 0.05) is 11.3 Å². The molecule has 0 bridgehead atoms. The Balaban J connectivity index is 2.14. The normalized spacial score (nSPS) is 23.6. The minimum atomic E-state index is -1.38. The van der Waals surface area contributed by atoms with Crippen molar-refractivity contribution in [3.8, 4) is 0 Å². The van der Waals surface area contributed by atoms with E-state index in [-0.39, 0.29) is 17.5 Å². The predicted octanol–water partition coefficient (Wildman–Crippen LogP) is 4.20. The first-order valence-electron chi connectivity index (χ1n) is 8.73. The Morgan fingerprint density at radius 3 is 2.28 bits per heavy atom. The molecule has 2 aromatic carbocycles. The van der Waals surface area contributed by atoms with Crippen LogP contribution in [-0.2, 0) is 10.4 Å². The van der Waals surface area contributed by atoms with Crippen LogP contribution in [0, 0.1) is 12.8 Å². The molecule has 0 spiro atoms. The monoisotopic (exact) mass is 335 g/mol. The van der Waals surface area contributed by atoms with Gasteiger partial charge in [-0.25, -0.2) is 0 Å². The number of hydrogen-bond donors (Lipinski definition) is 1. The van der Waals surface area contributed by atoms with E-state index in [1.807, 2.05) is 61.5 Å². The van der Waals surface area contributed by atoms with Crippen LogP contribution in [0.2, 0.25) is 0 Å². The van der Waals surface area contributed by atoms with E-state index in [0.29, 0.717) is 12.3 Å². The van der Waals surface area contributed by atoms with Crippen LogP contribution in [0.5, 0.6) is 0 Å². The topological polar surface area (TPSA) is 40.5 Å². The Morgan fingerprint density at radius 1 is 1.12 bits per heavy atom. The molecular formula is C22H25NO2. The highest BCUT2D eigenvalue weighted by Gasteiger charge is 2.55. The maximum atomic E-state index is 13.0. The number of aryl methyl sites for hydroxylation is 1. The summed E-state index contributed by atoms with van der Waals surface area (Å²) in [7, 11) is 0. The number of para-hydroxylation sites is 1. The lowest BCUT2D eigenvalue weighted by atomic mass is 9.80. The van der Waals surface area contributed by atoms with Gasteiger partial charge in [0.1, 0.15) is 5.60 Å². The van der Waals surface area contributed by atoms with Crippen molar-refractivity contribution in [2.24, 2.45) is 5.92 Å². The zero-order chi connectivity index (χ0) is 18.2. The van der Waals surface area contributed by atoms with Crippen molar-refractivity contribution in [2.45, 2.75) is 38.8 Å². The van der Waals surface area contributed by atoms with Crippen molar-refractivity contribution >= 4 is 11.6 Å². The standard InChI is InChI=1S/C22H25NO2/c1-15(2)14-20-22(25,18-12-10-16(3)11-13-18)17(4)21(24)23(20)19-8-6-5-7-9-19/h5-13,15,20,25H,4,14H2,1-3H3/t20-,22+/m1/s1. The first-order valence-corrected chi connectivity index (χ1v) is 8.73. The Hall–Kier alpha value is -2.39. The highest BCUT2D eigenvalue weighted by Crippen LogP contribution is 2.46. The lowest BCUT2D eigenvalue weighted by Gasteiger charge is -2.35. The Labute approximate surface area is 149 Å². The van der Waals surface area contributed by atoms with Crippen LogP contribution in [0.3, 0.4) is 0 Å². The molecule has 3 nitrogen and oxygen atoms in total. The number of carbonyl (C=O) groups excluding carboxylic acids is 1. The third-order valence-electron chi connectivity index (χ3n) is 4.95. The second kappa shape index (κ2) is 6.49. The zero-order valence-electron chi connectivity index (χ0n) is 15.1. The quantitative estimate of drug-likeness (QED) is 0.851. The second-order valence-corrected chi connectivity index (χ2v) is 7.27. The summed E-state index contributed by atoms with van der Waals surface area (Å²) in [4.78, 5) is 14.7. The van der Waals surface area contributed by atoms with Gasteiger partial charge in [0.15, 0.2) is 0 Å². The van der Waals surface area contributed by atoms with Crippen molar-refractivity contribution < 1.29 is 9.90 Å². The molecule has 25 heavy (non-hydrogen) atoms. The number of aliphatic hydroxyl groups is 1. The molecule has 0 saturated carbocycles. The van der Waals surface area contributed by atoms with Crippen molar-refractivity contribution in [1.29, 1.82) is 0 Å². The number of amides is 1. The second-order valence-electron chi connectivity index (χ2n) is 7.27. The summed E-state index contributed by atoms with van der Waals surface area (Å²) < 4.78 is 0. The summed E-state index contributed by atoms with van der Waals surface area (Å²) in [6.07, 6.45) is 0.685. The summed E-state index contributed by atoms with van der Waals surface area (Å²) in [5, 5.41) is 11.7. The summed E-state index contributed by atoms with van der Waals surface area (Å²) >= 11 is 0. The molecule has 0 unspecified atom stereocenters. The van der Waals surface area contributed by atoms with Gasteiger partial charge in [-0.1, -0.05) is 68.5 Å². The van der Waals surface area contributed by atoms with Gasteiger partial charge in [-0.3, -0.25) is 4.79 Å². The maximum absolute atomic E-state index is 13.0. The molecule has 1 aliphatic rings. The molecular weight excluding hydrogens is 310 g/mol. The van der Waals surface area contributed by atoms with E-state index in [1.54, 1.807) is 4.90 Å². The number of carbonyl (C=O) groups is 1. The fourth-order valence-electron chi connectivity index (χ4n) is 3.62. The number of anilines is 1. The van der Waals surface area contributed by atoms with E-state index in [9.17, 15) is 9.90 Å². The summed E-state index contributed by atoms with van der Waals surface area (Å²) in [6.45, 7) is 10.2. The number of nitrogens with zero attached hydrogens (tertiary/aromatic N) is 1. The molecule has 1 heterocycles. The molecule has 1 aliphatic heterocycles. The van der Waals surface area contributed by atoms with Gasteiger partial charge in [0.2, 0.25) is 0 Å². The minimum absolute atomic E-state index is 0.208. The van der Waals surface area contributed by atoms with Gasteiger partial charge in [-0.15, -0.1) is 0 Å². The van der Waals surface area contributed by atoms with Gasteiger partial charge < -0.3 is 10.0 Å². The van der Waals surface area contributed by atoms with Crippen LogP contribution in [0.15, 0.2) is 66.7 Å². The average molecular weight is 335 g/mol. The van der Waals surface area contributed by atoms with E-state index >= 15 is 0 Å². The van der Waals surface area contributed by atoms with Gasteiger partial charge in [-0.2, -0.15) is 0 Å². The molecule has 0 aromatic heterocycles. The molecule has 1 N–H and O–H groups in total. The van der Waals surface area contributed by atoms with Crippen LogP contribution in [-0.4, -0.2) is 17.1 Å². The Bertz CT molecular complexity index is 779. The fraction of sp³-hybridized carbons (Fsp3) is 0.318. The molecule has 0 radical (unpaired) electrons. The first kappa shape index (κ1) is 17.4. The highest BCUT2D eigenvalue weighted by molar-refractivity contribution is 6.10. The van der Waals surface area contributed by atoms with E-state index in [1.165, 1.54) is 0 Å². The molecule has 1 fully saturated rings. The van der Waals surface area contributed by atoms with Gasteiger partial charge in [0.25, 0.3) is 5.91 Å². The summed E-state index contributed by atoms with van der Waals surface area (Å²) in [6, 6.07) is 16.9. The van der Waals surface area contributed by atoms with Crippen LogP contribution < -0.4 is 4.90 Å².